The number of ketones is 1. The van der Waals surface area contributed by atoms with Gasteiger partial charge in [0.25, 0.3) is 0 Å². The van der Waals surface area contributed by atoms with E-state index in [-0.39, 0.29) is 5.78 Å². The van der Waals surface area contributed by atoms with Crippen LogP contribution >= 0.6 is 0 Å². The first-order chi connectivity index (χ1) is 12.6. The third-order valence-electron chi connectivity index (χ3n) is 5.23. The summed E-state index contributed by atoms with van der Waals surface area (Å²) in [6.07, 6.45) is 3.19. The highest BCUT2D eigenvalue weighted by molar-refractivity contribution is 5.98. The van der Waals surface area contributed by atoms with Crippen LogP contribution in [0.2, 0.25) is 0 Å². The van der Waals surface area contributed by atoms with Crippen LogP contribution in [0.3, 0.4) is 0 Å². The second kappa shape index (κ2) is 6.94. The standard InChI is InChI=1S/C20H24N4O2/c1-14-11-18-17(19(25)12-14)13-21-20(22-18)24-9-7-23(8-10-24)15-3-5-16(26-2)6-4-15/h3-6,13-14H,7-12H2,1-2H3. The molecule has 1 fully saturated rings. The molecule has 136 valence electrons. The highest BCUT2D eigenvalue weighted by atomic mass is 16.5. The van der Waals surface area contributed by atoms with Crippen molar-refractivity contribution in [3.63, 3.8) is 0 Å². The van der Waals surface area contributed by atoms with Crippen LogP contribution in [0.5, 0.6) is 5.75 Å². The average molecular weight is 352 g/mol. The van der Waals surface area contributed by atoms with Crippen molar-refractivity contribution in [2.75, 3.05) is 43.1 Å². The van der Waals surface area contributed by atoms with Crippen LogP contribution in [0.15, 0.2) is 30.5 Å². The second-order valence-corrected chi connectivity index (χ2v) is 7.14. The molecule has 1 aromatic carbocycles. The molecule has 1 aromatic heterocycles. The molecule has 2 aromatic rings. The summed E-state index contributed by atoms with van der Waals surface area (Å²) in [4.78, 5) is 25.9. The van der Waals surface area contributed by atoms with E-state index in [1.165, 1.54) is 5.69 Å². The molecular formula is C20H24N4O2. The molecule has 0 saturated carbocycles. The molecule has 4 rings (SSSR count). The molecule has 0 amide bonds. The number of nitrogens with zero attached hydrogens (tertiary/aromatic N) is 4. The molecule has 1 saturated heterocycles. The third kappa shape index (κ3) is 3.23. The Morgan fingerprint density at radius 3 is 2.42 bits per heavy atom. The van der Waals surface area contributed by atoms with Crippen LogP contribution in [-0.2, 0) is 6.42 Å². The number of hydrogen-bond donors (Lipinski definition) is 0. The third-order valence-corrected chi connectivity index (χ3v) is 5.23. The first-order valence-electron chi connectivity index (χ1n) is 9.17. The van der Waals surface area contributed by atoms with Gasteiger partial charge in [-0.3, -0.25) is 4.79 Å². The molecule has 1 unspecified atom stereocenters. The predicted octanol–water partition coefficient (Wildman–Crippen LogP) is 2.58. The number of fused-ring (bicyclic) bond motifs is 1. The molecule has 0 radical (unpaired) electrons. The van der Waals surface area contributed by atoms with E-state index < -0.39 is 0 Å². The number of ether oxygens (including phenoxy) is 1. The van der Waals surface area contributed by atoms with Crippen molar-refractivity contribution in [2.24, 2.45) is 5.92 Å². The van der Waals surface area contributed by atoms with Crippen molar-refractivity contribution in [1.82, 2.24) is 9.97 Å². The molecule has 2 heterocycles. The van der Waals surface area contributed by atoms with Gasteiger partial charge in [0.05, 0.1) is 18.4 Å². The maximum absolute atomic E-state index is 12.1. The quantitative estimate of drug-likeness (QED) is 0.846. The van der Waals surface area contributed by atoms with Crippen molar-refractivity contribution in [3.05, 3.63) is 41.7 Å². The molecule has 1 aliphatic heterocycles. The van der Waals surface area contributed by atoms with Crippen molar-refractivity contribution < 1.29 is 9.53 Å². The summed E-state index contributed by atoms with van der Waals surface area (Å²) in [6, 6.07) is 8.17. The SMILES string of the molecule is COc1ccc(N2CCN(c3ncc4c(n3)CC(C)CC4=O)CC2)cc1. The first kappa shape index (κ1) is 16.8. The van der Waals surface area contributed by atoms with E-state index in [1.807, 2.05) is 12.1 Å². The number of anilines is 2. The zero-order valence-electron chi connectivity index (χ0n) is 15.3. The van der Waals surface area contributed by atoms with Gasteiger partial charge in [-0.2, -0.15) is 0 Å². The van der Waals surface area contributed by atoms with Crippen molar-refractivity contribution in [3.8, 4) is 5.75 Å². The van der Waals surface area contributed by atoms with Crippen LogP contribution in [0, 0.1) is 5.92 Å². The average Bonchev–Trinajstić information content (AvgIpc) is 2.67. The maximum Gasteiger partial charge on any atom is 0.225 e. The molecule has 6 heteroatoms. The van der Waals surface area contributed by atoms with Gasteiger partial charge in [-0.25, -0.2) is 9.97 Å². The largest absolute Gasteiger partial charge is 0.497 e. The zero-order valence-corrected chi connectivity index (χ0v) is 15.3. The zero-order chi connectivity index (χ0) is 18.1. The molecule has 1 aliphatic carbocycles. The monoisotopic (exact) mass is 352 g/mol. The summed E-state index contributed by atoms with van der Waals surface area (Å²) in [7, 11) is 1.68. The molecule has 1 atom stereocenters. The molecule has 26 heavy (non-hydrogen) atoms. The van der Waals surface area contributed by atoms with E-state index in [4.69, 9.17) is 9.72 Å². The second-order valence-electron chi connectivity index (χ2n) is 7.14. The number of rotatable bonds is 3. The van der Waals surface area contributed by atoms with E-state index in [1.54, 1.807) is 13.3 Å². The van der Waals surface area contributed by atoms with Gasteiger partial charge in [0.1, 0.15) is 5.75 Å². The van der Waals surface area contributed by atoms with Gasteiger partial charge in [-0.15, -0.1) is 0 Å². The molecular weight excluding hydrogens is 328 g/mol. The van der Waals surface area contributed by atoms with E-state index in [9.17, 15) is 4.79 Å². The predicted molar refractivity (Wildman–Crippen MR) is 101 cm³/mol. The molecule has 0 spiro atoms. The fraction of sp³-hybridized carbons (Fsp3) is 0.450. The van der Waals surface area contributed by atoms with Gasteiger partial charge < -0.3 is 14.5 Å². The van der Waals surface area contributed by atoms with Crippen LogP contribution in [0.25, 0.3) is 0 Å². The summed E-state index contributed by atoms with van der Waals surface area (Å²) in [5, 5.41) is 0. The summed E-state index contributed by atoms with van der Waals surface area (Å²) in [6.45, 7) is 5.68. The lowest BCUT2D eigenvalue weighted by molar-refractivity contribution is 0.0951. The summed E-state index contributed by atoms with van der Waals surface area (Å²) < 4.78 is 5.22. The van der Waals surface area contributed by atoms with Gasteiger partial charge in [-0.05, 0) is 36.6 Å². The topological polar surface area (TPSA) is 58.6 Å². The van der Waals surface area contributed by atoms with Gasteiger partial charge in [0.2, 0.25) is 5.95 Å². The molecule has 0 bridgehead atoms. The van der Waals surface area contributed by atoms with Gasteiger partial charge >= 0.3 is 0 Å². The van der Waals surface area contributed by atoms with Crippen LogP contribution in [0.4, 0.5) is 11.6 Å². The summed E-state index contributed by atoms with van der Waals surface area (Å²) in [5.41, 5.74) is 2.83. The Bertz CT molecular complexity index is 798. The molecule has 6 nitrogen and oxygen atoms in total. The number of Topliss-reactive ketones (excluding diaryl/α,β-unsaturated/α-hetero) is 1. The Hall–Kier alpha value is -2.63. The fourth-order valence-corrected chi connectivity index (χ4v) is 3.73. The van der Waals surface area contributed by atoms with Crippen molar-refractivity contribution >= 4 is 17.4 Å². The van der Waals surface area contributed by atoms with Crippen LogP contribution in [0.1, 0.15) is 29.4 Å². The Morgan fingerprint density at radius 2 is 1.73 bits per heavy atom. The number of hydrogen-bond acceptors (Lipinski definition) is 6. The van der Waals surface area contributed by atoms with E-state index in [0.717, 1.165) is 50.0 Å². The van der Waals surface area contributed by atoms with Crippen LogP contribution in [-0.4, -0.2) is 49.0 Å². The van der Waals surface area contributed by atoms with Crippen LogP contribution < -0.4 is 14.5 Å². The van der Waals surface area contributed by atoms with E-state index in [2.05, 4.69) is 33.8 Å². The number of piperazine rings is 1. The molecule has 0 N–H and O–H groups in total. The fourth-order valence-electron chi connectivity index (χ4n) is 3.73. The minimum absolute atomic E-state index is 0.176. The maximum atomic E-state index is 12.1. The smallest absolute Gasteiger partial charge is 0.225 e. The highest BCUT2D eigenvalue weighted by Gasteiger charge is 2.26. The minimum Gasteiger partial charge on any atom is -0.497 e. The van der Waals surface area contributed by atoms with Gasteiger partial charge in [-0.1, -0.05) is 6.92 Å². The first-order valence-corrected chi connectivity index (χ1v) is 9.17. The lowest BCUT2D eigenvalue weighted by atomic mass is 9.88. The summed E-state index contributed by atoms with van der Waals surface area (Å²) in [5.74, 6) is 2.16. The lowest BCUT2D eigenvalue weighted by Gasteiger charge is -2.36. The number of carbonyl (C=O) groups excluding carboxylic acids is 1. The highest BCUT2D eigenvalue weighted by Crippen LogP contribution is 2.26. The lowest BCUT2D eigenvalue weighted by Crippen LogP contribution is -2.47. The van der Waals surface area contributed by atoms with Gasteiger partial charge in [0, 0.05) is 44.5 Å². The molecule has 2 aliphatic rings. The Morgan fingerprint density at radius 1 is 1.04 bits per heavy atom. The summed E-state index contributed by atoms with van der Waals surface area (Å²) >= 11 is 0. The number of methoxy groups -OCH3 is 1. The number of aromatic nitrogens is 2. The van der Waals surface area contributed by atoms with Crippen molar-refractivity contribution in [1.29, 1.82) is 0 Å². The van der Waals surface area contributed by atoms with E-state index in [0.29, 0.717) is 17.9 Å². The van der Waals surface area contributed by atoms with E-state index >= 15 is 0 Å². The normalized spacial score (nSPS) is 20.1. The number of benzene rings is 1. The van der Waals surface area contributed by atoms with Crippen molar-refractivity contribution in [2.45, 2.75) is 19.8 Å². The Balaban J connectivity index is 1.44. The Labute approximate surface area is 153 Å². The van der Waals surface area contributed by atoms with Gasteiger partial charge in [0.15, 0.2) is 5.78 Å². The minimum atomic E-state index is 0.176. The number of carbonyl (C=O) groups is 1. The Kier molecular flexibility index (Phi) is 4.49.